The fraction of sp³-hybridized carbons (Fsp3) is 0. The van der Waals surface area contributed by atoms with E-state index in [4.69, 9.17) is 0 Å². The Morgan fingerprint density at radius 1 is 0.170 bits per heavy atom. The van der Waals surface area contributed by atoms with E-state index in [-0.39, 0.29) is 0 Å². The zero-order valence-corrected chi connectivity index (χ0v) is 57.2. The molecule has 0 amide bonds. The molecule has 0 aromatic carbocycles. The Hall–Kier alpha value is 4.70. The molecule has 0 aliphatic carbocycles. The second kappa shape index (κ2) is 8.52. The Morgan fingerprint density at radius 3 is 0.377 bits per heavy atom. The van der Waals surface area contributed by atoms with Crippen LogP contribution in [0.2, 0.25) is 0 Å². The Morgan fingerprint density at radius 2 is 0.264 bits per heavy atom. The molecule has 0 radical (unpaired) electrons. The van der Waals surface area contributed by atoms with Gasteiger partial charge in [-0.1, -0.05) is 0 Å². The fourth-order valence-electron chi connectivity index (χ4n) is 3.93. The van der Waals surface area contributed by atoms with Gasteiger partial charge in [-0.2, -0.15) is 0 Å². The van der Waals surface area contributed by atoms with Crippen LogP contribution in [0.5, 0.6) is 0 Å². The summed E-state index contributed by atoms with van der Waals surface area (Å²) in [6.07, 6.45) is 0. The summed E-state index contributed by atoms with van der Waals surface area (Å²) >= 11 is -109. The van der Waals surface area contributed by atoms with E-state index < -0.39 is 196 Å². The van der Waals surface area contributed by atoms with Crippen molar-refractivity contribution in [1.29, 1.82) is 0 Å². The normalized spacial score (nSPS) is 54.9. The summed E-state index contributed by atoms with van der Waals surface area (Å²) in [5, 5.41) is 0. The third-order valence-corrected chi connectivity index (χ3v) is 288. The summed E-state index contributed by atoms with van der Waals surface area (Å²) in [6, 6.07) is 0. The van der Waals surface area contributed by atoms with Crippen LogP contribution in [0, 0.1) is 0 Å². The molecule has 18 heterocycles. The topological polar surface area (TPSA) is 583 Å². The summed E-state index contributed by atoms with van der Waals surface area (Å²) in [4.78, 5) is 0. The van der Waals surface area contributed by atoms with E-state index in [1.807, 2.05) is 0 Å². The van der Waals surface area contributed by atoms with Gasteiger partial charge in [-0.15, -0.1) is 0 Å². The van der Waals surface area contributed by atoms with Crippen LogP contribution in [0.1, 0.15) is 0 Å². The molecule has 18 saturated heterocycles. The molecule has 0 atom stereocenters. The van der Waals surface area contributed by atoms with E-state index >= 15 is 0 Å². The van der Waals surface area contributed by atoms with Crippen LogP contribution in [0.25, 0.3) is 0 Å². The molecule has 0 unspecified atom stereocenters. The van der Waals surface area contributed by atoms with E-state index in [0.717, 1.165) is 0 Å². The standard InChI is InChI=1S/10H2O.31O.12W/h10*1H2;;;;;;;;;;;;;;;;;;;;;;;;;;;;;;;;;;;;;;;;;;;/q;;;;;;;;;;;;;;;;;;;;;;;;;;;;;;;;;;;;;;;;;;;10*+1/p-10. The first-order valence-corrected chi connectivity index (χ1v) is 83.2. The third kappa shape index (κ3) is 6.91. The molecule has 18 rings (SSSR count). The summed E-state index contributed by atoms with van der Waals surface area (Å²) in [7, 11) is 0. The monoisotopic (exact) mass is 2870 g/mol. The van der Waals surface area contributed by atoms with Crippen LogP contribution in [0.3, 0.4) is 0 Å². The van der Waals surface area contributed by atoms with E-state index in [1.165, 1.54) is 0 Å². The number of rotatable bonds is 0. The van der Waals surface area contributed by atoms with E-state index in [0.29, 0.717) is 0 Å². The van der Waals surface area contributed by atoms with Crippen molar-refractivity contribution in [3.8, 4) is 0 Å². The Balaban J connectivity index is 1.17. The summed E-state index contributed by atoms with van der Waals surface area (Å²) in [6.45, 7) is 0. The first-order chi connectivity index (χ1) is 21.9. The van der Waals surface area contributed by atoms with Crippen molar-refractivity contribution in [2.75, 3.05) is 0 Å². The van der Waals surface area contributed by atoms with Gasteiger partial charge in [-0.3, -0.25) is 0 Å². The van der Waals surface area contributed by atoms with Crippen molar-refractivity contribution >= 4 is 0 Å². The number of hydrogen-bond donors (Lipinski definition) is 10. The van der Waals surface area contributed by atoms with E-state index in [9.17, 15) is 78.4 Å². The van der Waals surface area contributed by atoms with Crippen molar-refractivity contribution in [3.05, 3.63) is 0 Å². The molecule has 328 valence electrons. The molecule has 18 aliphatic rings. The van der Waals surface area contributed by atoms with Crippen molar-refractivity contribution in [3.63, 3.8) is 0 Å². The summed E-state index contributed by atoms with van der Waals surface area (Å²) in [5.74, 6) is 0. The van der Waals surface area contributed by atoms with Gasteiger partial charge in [-0.05, 0) is 0 Å². The molecule has 18 aliphatic heterocycles. The average molecular weight is 2870 g/mol. The molecule has 0 saturated carbocycles. The first-order valence-electron chi connectivity index (χ1n) is 10.2. The van der Waals surface area contributed by atoms with Gasteiger partial charge < -0.3 is 0 Å². The minimum atomic E-state index is -9.34. The predicted molar refractivity (Wildman–Crippen MR) is 51.0 cm³/mol. The Kier molecular flexibility index (Phi) is 7.12. The van der Waals surface area contributed by atoms with Gasteiger partial charge in [0.15, 0.2) is 0 Å². The Bertz CT molecular complexity index is 2660. The maximum absolute atomic E-state index is 12.9. The molecule has 10 N–H and O–H groups in total. The maximum atomic E-state index is 12.9. The van der Waals surface area contributed by atoms with Crippen LogP contribution in [0.4, 0.5) is 0 Å². The molecule has 53 heteroatoms. The second-order valence-corrected chi connectivity index (χ2v) is 156. The van der Waals surface area contributed by atoms with Crippen LogP contribution in [-0.4, -0.2) is 37.6 Å². The number of hydrogen-bond acceptors (Lipinski definition) is 31. The van der Waals surface area contributed by atoms with Crippen LogP contribution in [-0.2, 0) is 275 Å². The van der Waals surface area contributed by atoms with Crippen LogP contribution < -0.4 is 0 Å². The second-order valence-electron chi connectivity index (χ2n) is 9.72. The zero-order chi connectivity index (χ0) is 40.8. The van der Waals surface area contributed by atoms with Gasteiger partial charge >= 0.3 is 313 Å². The zero-order valence-electron chi connectivity index (χ0n) is 22.0. The Labute approximate surface area is 306 Å². The van der Waals surface area contributed by atoms with Gasteiger partial charge in [0.25, 0.3) is 0 Å². The third-order valence-electron chi connectivity index (χ3n) is 4.30. The minimum absolute atomic E-state index is 3.51. The first kappa shape index (κ1) is 44.3. The molecule has 53 heavy (non-hydrogen) atoms. The fourth-order valence-corrected chi connectivity index (χ4v) is 416. The van der Waals surface area contributed by atoms with Crippen molar-refractivity contribution in [2.24, 2.45) is 0 Å². The van der Waals surface area contributed by atoms with Crippen molar-refractivity contribution in [2.45, 2.75) is 0 Å². The molecule has 12 bridgehead atoms. The van der Waals surface area contributed by atoms with Crippen LogP contribution >= 0.6 is 0 Å². The van der Waals surface area contributed by atoms with Gasteiger partial charge in [0.1, 0.15) is 0 Å². The molecule has 0 aromatic rings. The van der Waals surface area contributed by atoms with Gasteiger partial charge in [-0.25, -0.2) is 0 Å². The van der Waals surface area contributed by atoms with Gasteiger partial charge in [0.05, 0.1) is 0 Å². The molecular formula is H10O41W12. The molecule has 0 aromatic heterocycles. The molecule has 18 fully saturated rings. The van der Waals surface area contributed by atoms with Gasteiger partial charge in [0.2, 0.25) is 0 Å². The predicted octanol–water partition coefficient (Wildman–Crippen LogP) is -8.33. The molecule has 41 nitrogen and oxygen atoms in total. The average Bonchev–Trinajstić information content (AvgIpc) is 2.45. The van der Waals surface area contributed by atoms with Crippen LogP contribution in [0.15, 0.2) is 0 Å². The summed E-state index contributed by atoms with van der Waals surface area (Å²) < 4.78 is 324. The van der Waals surface area contributed by atoms with Crippen molar-refractivity contribution in [1.82, 2.24) is 0 Å². The quantitative estimate of drug-likeness (QED) is 0.108. The van der Waals surface area contributed by atoms with E-state index in [1.54, 1.807) is 0 Å². The van der Waals surface area contributed by atoms with Crippen molar-refractivity contribution < 1.29 is 313 Å². The molecular weight excluding hydrogens is 2860 g/mol. The SMILES string of the molecule is [O]=[W]12([OH])[O][W]3(=[O])([OH])[O][W](=[O])([OH])([O]3)[O][W]3(=[O])([OH])[O][W](=[O])([OH])([O]3)[O][W]3(=[O])([OH])[O][W]4(=[O])([O]3)[O][W]3(=[O])([O][W](=[O])([OH])([O][W]5(=[O])([OH])[O][W](=[O])([OH])([O][W](=[O])([OH])([O]1)[O]2)[O]5)[O]3)[O]4. The molecule has 2 spiro atoms. The van der Waals surface area contributed by atoms with Gasteiger partial charge in [0, 0.05) is 0 Å². The summed E-state index contributed by atoms with van der Waals surface area (Å²) in [5.41, 5.74) is 0. The van der Waals surface area contributed by atoms with E-state index in [2.05, 4.69) is 38.8 Å².